The predicted octanol–water partition coefficient (Wildman–Crippen LogP) is 2.63. The van der Waals surface area contributed by atoms with Gasteiger partial charge in [-0.15, -0.1) is 0 Å². The molecule has 0 radical (unpaired) electrons. The van der Waals surface area contributed by atoms with E-state index in [0.717, 1.165) is 31.9 Å². The SMILES string of the molecule is CNC(=O)c1cc(N2CCN(C)CC2)ccc1Nc1cc(NC)ncc1Cl. The molecule has 0 atom stereocenters. The lowest BCUT2D eigenvalue weighted by molar-refractivity contribution is 0.0964. The average Bonchev–Trinajstić information content (AvgIpc) is 2.70. The fraction of sp³-hybridized carbons (Fsp3) is 0.368. The molecule has 27 heavy (non-hydrogen) atoms. The third kappa shape index (κ3) is 4.43. The monoisotopic (exact) mass is 388 g/mol. The highest BCUT2D eigenvalue weighted by molar-refractivity contribution is 6.33. The average molecular weight is 389 g/mol. The molecule has 0 saturated carbocycles. The number of aromatic nitrogens is 1. The number of benzene rings is 1. The van der Waals surface area contributed by atoms with Gasteiger partial charge in [0.15, 0.2) is 0 Å². The third-order valence-electron chi connectivity index (χ3n) is 4.72. The minimum Gasteiger partial charge on any atom is -0.373 e. The van der Waals surface area contributed by atoms with Crippen molar-refractivity contribution in [2.45, 2.75) is 0 Å². The molecule has 3 N–H and O–H groups in total. The summed E-state index contributed by atoms with van der Waals surface area (Å²) in [6, 6.07) is 7.70. The van der Waals surface area contributed by atoms with E-state index in [-0.39, 0.29) is 5.91 Å². The van der Waals surface area contributed by atoms with Crippen LogP contribution in [-0.4, -0.2) is 63.1 Å². The lowest BCUT2D eigenvalue weighted by atomic mass is 10.1. The van der Waals surface area contributed by atoms with Gasteiger partial charge in [-0.2, -0.15) is 0 Å². The first-order valence-electron chi connectivity index (χ1n) is 8.91. The Hall–Kier alpha value is -2.51. The van der Waals surface area contributed by atoms with Gasteiger partial charge in [-0.05, 0) is 25.2 Å². The molecule has 1 fully saturated rings. The topological polar surface area (TPSA) is 72.5 Å². The molecule has 1 amide bonds. The molecule has 3 rings (SSSR count). The van der Waals surface area contributed by atoms with Crippen molar-refractivity contribution in [1.82, 2.24) is 15.2 Å². The number of hydrogen-bond donors (Lipinski definition) is 3. The quantitative estimate of drug-likeness (QED) is 0.731. The number of rotatable bonds is 5. The van der Waals surface area contributed by atoms with E-state index in [1.54, 1.807) is 20.3 Å². The molecular formula is C19H25ClN6O. The van der Waals surface area contributed by atoms with Gasteiger partial charge in [-0.25, -0.2) is 4.98 Å². The fourth-order valence-corrected chi connectivity index (χ4v) is 3.19. The lowest BCUT2D eigenvalue weighted by Gasteiger charge is -2.34. The minimum absolute atomic E-state index is 0.146. The van der Waals surface area contributed by atoms with E-state index in [1.165, 1.54) is 0 Å². The van der Waals surface area contributed by atoms with E-state index in [2.05, 4.69) is 37.8 Å². The second-order valence-electron chi connectivity index (χ2n) is 6.52. The number of halogens is 1. The van der Waals surface area contributed by atoms with Crippen LogP contribution in [0.3, 0.4) is 0 Å². The van der Waals surface area contributed by atoms with Gasteiger partial charge in [0.05, 0.1) is 28.2 Å². The number of piperazine rings is 1. The molecule has 8 heteroatoms. The van der Waals surface area contributed by atoms with Gasteiger partial charge in [0, 0.05) is 52.0 Å². The van der Waals surface area contributed by atoms with Crippen LogP contribution in [0, 0.1) is 0 Å². The summed E-state index contributed by atoms with van der Waals surface area (Å²) in [7, 11) is 5.55. The summed E-state index contributed by atoms with van der Waals surface area (Å²) in [6.07, 6.45) is 1.58. The van der Waals surface area contributed by atoms with Gasteiger partial charge in [0.1, 0.15) is 5.82 Å². The maximum Gasteiger partial charge on any atom is 0.253 e. The number of hydrogen-bond acceptors (Lipinski definition) is 6. The number of carbonyl (C=O) groups is 1. The van der Waals surface area contributed by atoms with Crippen molar-refractivity contribution in [3.05, 3.63) is 41.0 Å². The molecule has 0 spiro atoms. The maximum absolute atomic E-state index is 12.5. The Morgan fingerprint density at radius 2 is 1.85 bits per heavy atom. The summed E-state index contributed by atoms with van der Waals surface area (Å²) < 4.78 is 0. The molecule has 1 aromatic heterocycles. The molecule has 144 valence electrons. The van der Waals surface area contributed by atoms with Crippen LogP contribution in [0.25, 0.3) is 0 Å². The molecule has 0 bridgehead atoms. The summed E-state index contributed by atoms with van der Waals surface area (Å²) in [6.45, 7) is 3.90. The summed E-state index contributed by atoms with van der Waals surface area (Å²) in [5, 5.41) is 9.46. The highest BCUT2D eigenvalue weighted by Gasteiger charge is 2.18. The largest absolute Gasteiger partial charge is 0.373 e. The number of carbonyl (C=O) groups excluding carboxylic acids is 1. The molecule has 1 saturated heterocycles. The molecule has 1 aliphatic heterocycles. The molecular weight excluding hydrogens is 364 g/mol. The van der Waals surface area contributed by atoms with Crippen LogP contribution in [0.5, 0.6) is 0 Å². The minimum atomic E-state index is -0.146. The van der Waals surface area contributed by atoms with E-state index in [0.29, 0.717) is 27.8 Å². The first kappa shape index (κ1) is 19.3. The Balaban J connectivity index is 1.92. The molecule has 7 nitrogen and oxygen atoms in total. The highest BCUT2D eigenvalue weighted by atomic mass is 35.5. The van der Waals surface area contributed by atoms with Crippen molar-refractivity contribution < 1.29 is 4.79 Å². The number of nitrogens with one attached hydrogen (secondary N) is 3. The number of nitrogens with zero attached hydrogens (tertiary/aromatic N) is 3. The van der Waals surface area contributed by atoms with Gasteiger partial charge in [0.25, 0.3) is 5.91 Å². The molecule has 1 aromatic carbocycles. The molecule has 0 aliphatic carbocycles. The highest BCUT2D eigenvalue weighted by Crippen LogP contribution is 2.31. The maximum atomic E-state index is 12.5. The standard InChI is InChI=1S/C19H25ClN6O/c1-21-18-11-17(15(20)12-23-18)24-16-5-4-13(10-14(16)19(27)22-2)26-8-6-25(3)7-9-26/h4-5,10-12H,6-9H2,1-3H3,(H,22,27)(H2,21,23,24). The number of likely N-dealkylation sites (N-methyl/N-ethyl adjacent to an activating group) is 1. The number of pyridine rings is 1. The first-order valence-corrected chi connectivity index (χ1v) is 9.29. The van der Waals surface area contributed by atoms with Crippen LogP contribution in [0.15, 0.2) is 30.5 Å². The Bertz CT molecular complexity index is 820. The fourth-order valence-electron chi connectivity index (χ4n) is 3.04. The van der Waals surface area contributed by atoms with E-state index in [4.69, 9.17) is 11.6 Å². The van der Waals surface area contributed by atoms with Crippen LogP contribution < -0.4 is 20.9 Å². The van der Waals surface area contributed by atoms with Gasteiger partial charge >= 0.3 is 0 Å². The van der Waals surface area contributed by atoms with Gasteiger partial charge in [0.2, 0.25) is 0 Å². The second-order valence-corrected chi connectivity index (χ2v) is 6.93. The van der Waals surface area contributed by atoms with E-state index < -0.39 is 0 Å². The van der Waals surface area contributed by atoms with E-state index in [1.807, 2.05) is 24.3 Å². The van der Waals surface area contributed by atoms with E-state index >= 15 is 0 Å². The Morgan fingerprint density at radius 1 is 1.11 bits per heavy atom. The Kier molecular flexibility index (Phi) is 6.03. The van der Waals surface area contributed by atoms with Crippen LogP contribution in [0.4, 0.5) is 22.9 Å². The molecule has 2 aromatic rings. The van der Waals surface area contributed by atoms with Gasteiger partial charge < -0.3 is 25.8 Å². The summed E-state index contributed by atoms with van der Waals surface area (Å²) in [5.41, 5.74) is 3.01. The van der Waals surface area contributed by atoms with E-state index in [9.17, 15) is 4.79 Å². The van der Waals surface area contributed by atoms with Crippen LogP contribution in [-0.2, 0) is 0 Å². The lowest BCUT2D eigenvalue weighted by Crippen LogP contribution is -2.44. The first-order chi connectivity index (χ1) is 13.0. The zero-order valence-corrected chi connectivity index (χ0v) is 16.6. The van der Waals surface area contributed by atoms with Crippen molar-refractivity contribution in [2.75, 3.05) is 62.9 Å². The van der Waals surface area contributed by atoms with Gasteiger partial charge in [-0.3, -0.25) is 4.79 Å². The van der Waals surface area contributed by atoms with Crippen LogP contribution in [0.1, 0.15) is 10.4 Å². The van der Waals surface area contributed by atoms with Crippen molar-refractivity contribution >= 4 is 40.4 Å². The summed E-state index contributed by atoms with van der Waals surface area (Å²) in [4.78, 5) is 21.3. The summed E-state index contributed by atoms with van der Waals surface area (Å²) >= 11 is 6.27. The van der Waals surface area contributed by atoms with Crippen LogP contribution in [0.2, 0.25) is 5.02 Å². The smallest absolute Gasteiger partial charge is 0.253 e. The zero-order valence-electron chi connectivity index (χ0n) is 15.8. The molecule has 1 aliphatic rings. The third-order valence-corrected chi connectivity index (χ3v) is 5.03. The second kappa shape index (κ2) is 8.45. The number of amides is 1. The Labute approximate surface area is 164 Å². The van der Waals surface area contributed by atoms with Crippen molar-refractivity contribution in [3.63, 3.8) is 0 Å². The summed E-state index contributed by atoms with van der Waals surface area (Å²) in [5.74, 6) is 0.546. The van der Waals surface area contributed by atoms with Crippen molar-refractivity contribution in [2.24, 2.45) is 0 Å². The molecule has 2 heterocycles. The normalized spacial score (nSPS) is 14.7. The zero-order chi connectivity index (χ0) is 19.4. The predicted molar refractivity (Wildman–Crippen MR) is 112 cm³/mol. The van der Waals surface area contributed by atoms with Crippen molar-refractivity contribution in [3.8, 4) is 0 Å². The van der Waals surface area contributed by atoms with Gasteiger partial charge in [-0.1, -0.05) is 11.6 Å². The molecule has 0 unspecified atom stereocenters. The Morgan fingerprint density at radius 3 is 2.52 bits per heavy atom. The van der Waals surface area contributed by atoms with Crippen molar-refractivity contribution in [1.29, 1.82) is 0 Å². The van der Waals surface area contributed by atoms with Crippen LogP contribution >= 0.6 is 11.6 Å². The number of anilines is 4.